The molecule has 34 heavy (non-hydrogen) atoms. The molecule has 0 radical (unpaired) electrons. The topological polar surface area (TPSA) is 167 Å². The van der Waals surface area contributed by atoms with Crippen LogP contribution >= 0.6 is 0 Å². The number of hydrogen-bond acceptors (Lipinski definition) is 7. The zero-order chi connectivity index (χ0) is 25.1. The van der Waals surface area contributed by atoms with Gasteiger partial charge in [0, 0.05) is 31.5 Å². The average Bonchev–Trinajstić information content (AvgIpc) is 3.14. The first-order valence-corrected chi connectivity index (χ1v) is 10.9. The summed E-state index contributed by atoms with van der Waals surface area (Å²) in [7, 11) is 0. The van der Waals surface area contributed by atoms with Crippen LogP contribution < -0.4 is 11.1 Å². The van der Waals surface area contributed by atoms with Crippen molar-refractivity contribution < 1.29 is 33.9 Å². The highest BCUT2D eigenvalue weighted by molar-refractivity contribution is 6.12. The summed E-state index contributed by atoms with van der Waals surface area (Å²) in [6, 6.07) is 7.49. The minimum Gasteiger partial charge on any atom is -0.480 e. The maximum atomic E-state index is 12.5. The van der Waals surface area contributed by atoms with Crippen LogP contribution in [0.1, 0.15) is 31.2 Å². The molecule has 5 amide bonds. The number of unbranched alkanes of at least 4 members (excludes halogenated alkanes) is 2. The molecule has 1 atom stereocenters. The molecule has 0 aliphatic carbocycles. The molecular formula is C23H28N4O7. The van der Waals surface area contributed by atoms with Crippen molar-refractivity contribution in [3.8, 4) is 0 Å². The minimum atomic E-state index is -1.25. The molecule has 0 aromatic heterocycles. The zero-order valence-corrected chi connectivity index (χ0v) is 18.6. The summed E-state index contributed by atoms with van der Waals surface area (Å²) in [6.45, 7) is -0.905. The van der Waals surface area contributed by atoms with Crippen molar-refractivity contribution >= 4 is 35.5 Å². The van der Waals surface area contributed by atoms with Gasteiger partial charge in [-0.25, -0.2) is 4.79 Å². The summed E-state index contributed by atoms with van der Waals surface area (Å²) in [6.07, 6.45) is 3.74. The first kappa shape index (κ1) is 26.4. The third kappa shape index (κ3) is 7.93. The van der Waals surface area contributed by atoms with Gasteiger partial charge < -0.3 is 16.2 Å². The summed E-state index contributed by atoms with van der Waals surface area (Å²) < 4.78 is 0. The lowest BCUT2D eigenvalue weighted by Crippen LogP contribution is -2.50. The van der Waals surface area contributed by atoms with Crippen molar-refractivity contribution in [1.29, 1.82) is 0 Å². The Morgan fingerprint density at radius 2 is 1.62 bits per heavy atom. The molecule has 182 valence electrons. The molecular weight excluding hydrogens is 444 g/mol. The molecule has 4 N–H and O–H groups in total. The van der Waals surface area contributed by atoms with Gasteiger partial charge >= 0.3 is 5.97 Å². The summed E-state index contributed by atoms with van der Waals surface area (Å²) in [5, 5.41) is 11.8. The second-order valence-electron chi connectivity index (χ2n) is 7.70. The number of carbonyl (C=O) groups is 6. The predicted octanol–water partition coefficient (Wildman–Crippen LogP) is -0.402. The van der Waals surface area contributed by atoms with E-state index in [1.807, 2.05) is 0 Å². The van der Waals surface area contributed by atoms with E-state index in [-0.39, 0.29) is 31.2 Å². The third-order valence-electron chi connectivity index (χ3n) is 5.17. The molecule has 1 aliphatic heterocycles. The van der Waals surface area contributed by atoms with Gasteiger partial charge in [0.25, 0.3) is 11.8 Å². The second-order valence-corrected chi connectivity index (χ2v) is 7.70. The molecule has 0 saturated carbocycles. The van der Waals surface area contributed by atoms with E-state index in [0.29, 0.717) is 29.7 Å². The molecule has 0 unspecified atom stereocenters. The molecule has 1 aromatic rings. The molecule has 1 aromatic carbocycles. The Hall–Kier alpha value is -3.86. The Morgan fingerprint density at radius 1 is 0.971 bits per heavy atom. The van der Waals surface area contributed by atoms with Gasteiger partial charge in [-0.3, -0.25) is 33.8 Å². The minimum absolute atomic E-state index is 0.0399. The standard InChI is InChI=1S/C23H28N4O7/c24-14-22(32)27(19(29)9-5-2-6-12-26-20(30)10-11-21(26)31)15-18(28)25-17(23(33)34)13-16-7-3-1-4-8-16/h1,3-4,7-8,10-11,17H,2,5-6,9,12-15,24H2,(H,25,28)(H,33,34)/t17-/m0/s1. The molecule has 11 nitrogen and oxygen atoms in total. The molecule has 0 bridgehead atoms. The number of carboxylic acids is 1. The number of carbonyl (C=O) groups excluding carboxylic acids is 5. The number of nitrogens with zero attached hydrogens (tertiary/aromatic N) is 2. The van der Waals surface area contributed by atoms with Gasteiger partial charge in [-0.05, 0) is 18.4 Å². The molecule has 11 heteroatoms. The fourth-order valence-electron chi connectivity index (χ4n) is 3.37. The van der Waals surface area contributed by atoms with Crippen LogP contribution in [0.4, 0.5) is 0 Å². The lowest BCUT2D eigenvalue weighted by Gasteiger charge is -2.21. The summed E-state index contributed by atoms with van der Waals surface area (Å²) in [5.74, 6) is -4.16. The predicted molar refractivity (Wildman–Crippen MR) is 120 cm³/mol. The lowest BCUT2D eigenvalue weighted by atomic mass is 10.1. The van der Waals surface area contributed by atoms with Crippen LogP contribution in [-0.4, -0.2) is 76.1 Å². The van der Waals surface area contributed by atoms with Gasteiger partial charge in [0.2, 0.25) is 17.7 Å². The molecule has 1 aliphatic rings. The fraction of sp³-hybridized carbons (Fsp3) is 0.391. The van der Waals surface area contributed by atoms with E-state index in [0.717, 1.165) is 4.90 Å². The van der Waals surface area contributed by atoms with E-state index in [1.54, 1.807) is 30.3 Å². The number of benzene rings is 1. The lowest BCUT2D eigenvalue weighted by molar-refractivity contribution is -0.148. The number of imide groups is 2. The van der Waals surface area contributed by atoms with Crippen LogP contribution in [0.2, 0.25) is 0 Å². The van der Waals surface area contributed by atoms with Crippen molar-refractivity contribution in [3.05, 3.63) is 48.0 Å². The van der Waals surface area contributed by atoms with Crippen LogP contribution in [0.5, 0.6) is 0 Å². The van der Waals surface area contributed by atoms with E-state index in [1.165, 1.54) is 12.2 Å². The summed E-state index contributed by atoms with van der Waals surface area (Å²) in [5.41, 5.74) is 6.07. The van der Waals surface area contributed by atoms with Gasteiger partial charge in [0.05, 0.1) is 6.54 Å². The van der Waals surface area contributed by atoms with Crippen molar-refractivity contribution in [2.75, 3.05) is 19.6 Å². The first-order chi connectivity index (χ1) is 16.2. The number of nitrogens with two attached hydrogens (primary N) is 1. The van der Waals surface area contributed by atoms with Gasteiger partial charge in [-0.15, -0.1) is 0 Å². The molecule has 0 saturated heterocycles. The van der Waals surface area contributed by atoms with E-state index < -0.39 is 42.8 Å². The van der Waals surface area contributed by atoms with Crippen LogP contribution in [-0.2, 0) is 35.2 Å². The van der Waals surface area contributed by atoms with Crippen LogP contribution in [0.15, 0.2) is 42.5 Å². The molecule has 0 spiro atoms. The Kier molecular flexibility index (Phi) is 10.1. The van der Waals surface area contributed by atoms with Crippen LogP contribution in [0.25, 0.3) is 0 Å². The highest BCUT2D eigenvalue weighted by atomic mass is 16.4. The molecule has 0 fully saturated rings. The van der Waals surface area contributed by atoms with Gasteiger partial charge in [0.15, 0.2) is 0 Å². The third-order valence-corrected chi connectivity index (χ3v) is 5.17. The molecule has 1 heterocycles. The fourth-order valence-corrected chi connectivity index (χ4v) is 3.37. The highest BCUT2D eigenvalue weighted by Crippen LogP contribution is 2.09. The number of aliphatic carboxylic acids is 1. The van der Waals surface area contributed by atoms with Gasteiger partial charge in [-0.2, -0.15) is 0 Å². The number of carboxylic acid groups (broad SMARTS) is 1. The van der Waals surface area contributed by atoms with Gasteiger partial charge in [0.1, 0.15) is 12.6 Å². The normalized spacial score (nSPS) is 13.6. The average molecular weight is 472 g/mol. The Morgan fingerprint density at radius 3 is 2.21 bits per heavy atom. The maximum Gasteiger partial charge on any atom is 0.326 e. The smallest absolute Gasteiger partial charge is 0.326 e. The van der Waals surface area contributed by atoms with Crippen LogP contribution in [0, 0.1) is 0 Å². The number of rotatable bonds is 13. The number of nitrogens with one attached hydrogen (secondary N) is 1. The number of hydrogen-bond donors (Lipinski definition) is 3. The maximum absolute atomic E-state index is 12.5. The second kappa shape index (κ2) is 13.0. The Balaban J connectivity index is 1.84. The van der Waals surface area contributed by atoms with Crippen molar-refractivity contribution in [1.82, 2.24) is 15.1 Å². The van der Waals surface area contributed by atoms with E-state index in [4.69, 9.17) is 5.73 Å². The first-order valence-electron chi connectivity index (χ1n) is 10.9. The zero-order valence-electron chi connectivity index (χ0n) is 18.6. The molecule has 2 rings (SSSR count). The van der Waals surface area contributed by atoms with Crippen molar-refractivity contribution in [3.63, 3.8) is 0 Å². The number of amides is 5. The van der Waals surface area contributed by atoms with E-state index in [9.17, 15) is 33.9 Å². The van der Waals surface area contributed by atoms with Crippen LogP contribution in [0.3, 0.4) is 0 Å². The highest BCUT2D eigenvalue weighted by Gasteiger charge is 2.26. The van der Waals surface area contributed by atoms with Crippen molar-refractivity contribution in [2.45, 2.75) is 38.1 Å². The monoisotopic (exact) mass is 472 g/mol. The SMILES string of the molecule is NCC(=O)N(CC(=O)N[C@@H](Cc1ccccc1)C(=O)O)C(=O)CCCCCN1C(=O)C=CC1=O. The van der Waals surface area contributed by atoms with E-state index in [2.05, 4.69) is 5.32 Å². The Labute approximate surface area is 196 Å². The van der Waals surface area contributed by atoms with Gasteiger partial charge in [-0.1, -0.05) is 36.8 Å². The Bertz CT molecular complexity index is 943. The van der Waals surface area contributed by atoms with E-state index >= 15 is 0 Å². The summed E-state index contributed by atoms with van der Waals surface area (Å²) >= 11 is 0. The quantitative estimate of drug-likeness (QED) is 0.257. The van der Waals surface area contributed by atoms with Crippen molar-refractivity contribution in [2.24, 2.45) is 5.73 Å². The largest absolute Gasteiger partial charge is 0.480 e. The summed E-state index contributed by atoms with van der Waals surface area (Å²) in [4.78, 5) is 73.5.